The quantitative estimate of drug-likeness (QED) is 0.837. The predicted molar refractivity (Wildman–Crippen MR) is 66.7 cm³/mol. The molecule has 1 rings (SSSR count). The number of nitrogens with one attached hydrogen (secondary N) is 1. The van der Waals surface area contributed by atoms with Gasteiger partial charge in [-0.15, -0.1) is 0 Å². The normalized spacial score (nSPS) is 10.4. The Bertz CT molecular complexity index is 319. The van der Waals surface area contributed by atoms with Crippen LogP contribution in [-0.4, -0.2) is 17.8 Å². The molecule has 0 aromatic heterocycles. The summed E-state index contributed by atoms with van der Waals surface area (Å²) in [4.78, 5) is 11.6. The van der Waals surface area contributed by atoms with Crippen molar-refractivity contribution >= 4 is 21.8 Å². The summed E-state index contributed by atoms with van der Waals surface area (Å²) >= 11 is 3.27. The molecule has 82 valence electrons. The Morgan fingerprint density at radius 1 is 1.33 bits per heavy atom. The van der Waals surface area contributed by atoms with Crippen molar-refractivity contribution in [3.63, 3.8) is 0 Å². The van der Waals surface area contributed by atoms with E-state index in [1.807, 2.05) is 24.3 Å². The molecule has 0 spiro atoms. The summed E-state index contributed by atoms with van der Waals surface area (Å²) in [6, 6.07) is 7.76. The molecule has 0 saturated heterocycles. The van der Waals surface area contributed by atoms with Gasteiger partial charge in [-0.1, -0.05) is 41.9 Å². The largest absolute Gasteiger partial charge is 0.351 e. The summed E-state index contributed by atoms with van der Waals surface area (Å²) in [7, 11) is 0. The maximum absolute atomic E-state index is 11.6. The van der Waals surface area contributed by atoms with Gasteiger partial charge in [-0.3, -0.25) is 4.79 Å². The van der Waals surface area contributed by atoms with E-state index >= 15 is 0 Å². The Kier molecular flexibility index (Phi) is 4.82. The van der Waals surface area contributed by atoms with Crippen molar-refractivity contribution in [2.24, 2.45) is 0 Å². The second-order valence-corrected chi connectivity index (χ2v) is 4.51. The fourth-order valence-corrected chi connectivity index (χ4v) is 1.48. The highest BCUT2D eigenvalue weighted by Crippen LogP contribution is 2.14. The van der Waals surface area contributed by atoms with Gasteiger partial charge in [0.2, 0.25) is 0 Å². The van der Waals surface area contributed by atoms with Gasteiger partial charge in [0, 0.05) is 17.4 Å². The summed E-state index contributed by atoms with van der Waals surface area (Å²) in [5, 5.41) is 3.59. The van der Waals surface area contributed by atoms with Gasteiger partial charge in [0.1, 0.15) is 0 Å². The molecule has 1 aromatic rings. The van der Waals surface area contributed by atoms with Gasteiger partial charge < -0.3 is 5.32 Å². The third-order valence-electron chi connectivity index (χ3n) is 2.22. The van der Waals surface area contributed by atoms with Gasteiger partial charge in [-0.05, 0) is 23.6 Å². The predicted octanol–water partition coefficient (Wildman–Crippen LogP) is 2.93. The van der Waals surface area contributed by atoms with E-state index in [9.17, 15) is 4.79 Å². The van der Waals surface area contributed by atoms with E-state index in [4.69, 9.17) is 0 Å². The van der Waals surface area contributed by atoms with Crippen LogP contribution >= 0.6 is 15.9 Å². The highest BCUT2D eigenvalue weighted by molar-refractivity contribution is 9.09. The molecule has 0 aliphatic carbocycles. The first kappa shape index (κ1) is 12.2. The Hall–Kier alpha value is -0.830. The molecule has 1 amide bonds. The molecule has 1 N–H and O–H groups in total. The van der Waals surface area contributed by atoms with E-state index in [1.165, 1.54) is 5.56 Å². The second-order valence-electron chi connectivity index (χ2n) is 3.72. The van der Waals surface area contributed by atoms with Crippen LogP contribution < -0.4 is 5.32 Å². The van der Waals surface area contributed by atoms with E-state index in [0.29, 0.717) is 12.5 Å². The first-order valence-corrected chi connectivity index (χ1v) is 6.21. The molecule has 2 nitrogen and oxygen atoms in total. The van der Waals surface area contributed by atoms with Crippen molar-refractivity contribution < 1.29 is 4.79 Å². The second kappa shape index (κ2) is 5.91. The van der Waals surface area contributed by atoms with Crippen molar-refractivity contribution in [2.75, 3.05) is 11.9 Å². The zero-order chi connectivity index (χ0) is 11.3. The van der Waals surface area contributed by atoms with Crippen molar-refractivity contribution in [2.45, 2.75) is 19.8 Å². The average Bonchev–Trinajstić information content (AvgIpc) is 2.26. The Labute approximate surface area is 99.2 Å². The zero-order valence-electron chi connectivity index (χ0n) is 9.09. The smallest absolute Gasteiger partial charge is 0.251 e. The number of alkyl halides is 1. The van der Waals surface area contributed by atoms with E-state index < -0.39 is 0 Å². The minimum atomic E-state index is -0.00949. The molecule has 0 heterocycles. The third-order valence-corrected chi connectivity index (χ3v) is 2.62. The molecule has 0 aliphatic rings. The lowest BCUT2D eigenvalue weighted by atomic mass is 10.0. The number of hydrogen-bond acceptors (Lipinski definition) is 1. The Morgan fingerprint density at radius 2 is 1.93 bits per heavy atom. The number of rotatable bonds is 4. The van der Waals surface area contributed by atoms with Crippen LogP contribution in [0.1, 0.15) is 35.7 Å². The van der Waals surface area contributed by atoms with Gasteiger partial charge in [-0.2, -0.15) is 0 Å². The molecule has 15 heavy (non-hydrogen) atoms. The van der Waals surface area contributed by atoms with E-state index in [-0.39, 0.29) is 5.91 Å². The number of benzene rings is 1. The van der Waals surface area contributed by atoms with Crippen molar-refractivity contribution in [3.8, 4) is 0 Å². The summed E-state index contributed by atoms with van der Waals surface area (Å²) in [5.74, 6) is 0.495. The molecule has 0 atom stereocenters. The molecule has 3 heteroatoms. The minimum absolute atomic E-state index is 0.00949. The maximum Gasteiger partial charge on any atom is 0.251 e. The van der Waals surface area contributed by atoms with Gasteiger partial charge in [-0.25, -0.2) is 0 Å². The molecular formula is C12H16BrNO. The van der Waals surface area contributed by atoms with Gasteiger partial charge in [0.15, 0.2) is 0 Å². The highest BCUT2D eigenvalue weighted by atomic mass is 79.9. The summed E-state index contributed by atoms with van der Waals surface area (Å²) in [5.41, 5.74) is 1.98. The number of carbonyl (C=O) groups excluding carboxylic acids is 1. The lowest BCUT2D eigenvalue weighted by Crippen LogP contribution is -2.25. The van der Waals surface area contributed by atoms with Gasteiger partial charge in [0.25, 0.3) is 5.91 Å². The molecule has 0 aliphatic heterocycles. The number of carbonyl (C=O) groups is 1. The van der Waals surface area contributed by atoms with Crippen molar-refractivity contribution in [3.05, 3.63) is 35.4 Å². The standard InChI is InChI=1S/C12H16BrNO/c1-9(2)10-3-5-11(6-4-10)12(15)14-8-7-13/h3-6,9H,7-8H2,1-2H3,(H,14,15). The van der Waals surface area contributed by atoms with Crippen LogP contribution in [0, 0.1) is 0 Å². The SMILES string of the molecule is CC(C)c1ccc(C(=O)NCCBr)cc1. The lowest BCUT2D eigenvalue weighted by Gasteiger charge is -2.07. The van der Waals surface area contributed by atoms with E-state index in [1.54, 1.807) is 0 Å². The van der Waals surface area contributed by atoms with Crippen LogP contribution in [0.5, 0.6) is 0 Å². The maximum atomic E-state index is 11.6. The summed E-state index contributed by atoms with van der Waals surface area (Å²) in [6.45, 7) is 4.94. The number of hydrogen-bond donors (Lipinski definition) is 1. The number of halogens is 1. The zero-order valence-corrected chi connectivity index (χ0v) is 10.7. The fourth-order valence-electron chi connectivity index (χ4n) is 1.28. The molecular weight excluding hydrogens is 254 g/mol. The molecule has 0 bridgehead atoms. The molecule has 0 saturated carbocycles. The van der Waals surface area contributed by atoms with Crippen LogP contribution in [0.3, 0.4) is 0 Å². The molecule has 0 unspecified atom stereocenters. The summed E-state index contributed by atoms with van der Waals surface area (Å²) in [6.07, 6.45) is 0. The summed E-state index contributed by atoms with van der Waals surface area (Å²) < 4.78 is 0. The first-order valence-electron chi connectivity index (χ1n) is 5.09. The number of amides is 1. The Balaban J connectivity index is 2.67. The monoisotopic (exact) mass is 269 g/mol. The fraction of sp³-hybridized carbons (Fsp3) is 0.417. The third kappa shape index (κ3) is 3.67. The van der Waals surface area contributed by atoms with Crippen LogP contribution in [0.15, 0.2) is 24.3 Å². The van der Waals surface area contributed by atoms with Gasteiger partial charge in [0.05, 0.1) is 0 Å². The van der Waals surface area contributed by atoms with Crippen LogP contribution in [0.2, 0.25) is 0 Å². The lowest BCUT2D eigenvalue weighted by molar-refractivity contribution is 0.0956. The minimum Gasteiger partial charge on any atom is -0.351 e. The van der Waals surface area contributed by atoms with Crippen molar-refractivity contribution in [1.82, 2.24) is 5.32 Å². The molecule has 1 aromatic carbocycles. The first-order chi connectivity index (χ1) is 7.15. The molecule has 0 radical (unpaired) electrons. The van der Waals surface area contributed by atoms with E-state index in [0.717, 1.165) is 10.9 Å². The van der Waals surface area contributed by atoms with Crippen LogP contribution in [0.4, 0.5) is 0 Å². The molecule has 0 fully saturated rings. The van der Waals surface area contributed by atoms with E-state index in [2.05, 4.69) is 35.1 Å². The van der Waals surface area contributed by atoms with Gasteiger partial charge >= 0.3 is 0 Å². The topological polar surface area (TPSA) is 29.1 Å². The van der Waals surface area contributed by atoms with Crippen LogP contribution in [0.25, 0.3) is 0 Å². The highest BCUT2D eigenvalue weighted by Gasteiger charge is 2.05. The van der Waals surface area contributed by atoms with Crippen LogP contribution in [-0.2, 0) is 0 Å². The Morgan fingerprint density at radius 3 is 2.40 bits per heavy atom. The average molecular weight is 270 g/mol. The van der Waals surface area contributed by atoms with Crippen molar-refractivity contribution in [1.29, 1.82) is 0 Å².